The Hall–Kier alpha value is -2.41. The summed E-state index contributed by atoms with van der Waals surface area (Å²) in [5, 5.41) is 0. The van der Waals surface area contributed by atoms with Gasteiger partial charge in [0.15, 0.2) is 5.78 Å². The maximum atomic E-state index is 12.9. The van der Waals surface area contributed by atoms with Crippen LogP contribution in [0.25, 0.3) is 0 Å². The van der Waals surface area contributed by atoms with Crippen molar-refractivity contribution in [3.63, 3.8) is 0 Å². The average molecular weight is 342 g/mol. The number of halogens is 4. The highest BCUT2D eigenvalue weighted by Gasteiger charge is 2.44. The van der Waals surface area contributed by atoms with Gasteiger partial charge < -0.3 is 9.47 Å². The standard InChI is InChI=1S/C17H14F4O3/c18-16(19)17(20,21)24-14-8-4-7-13(9-14)15(22)11-23-10-12-5-2-1-3-6-12/h1-9,16H,10-11H2. The summed E-state index contributed by atoms with van der Waals surface area (Å²) in [7, 11) is 0. The highest BCUT2D eigenvalue weighted by molar-refractivity contribution is 5.97. The van der Waals surface area contributed by atoms with Gasteiger partial charge in [0, 0.05) is 5.56 Å². The van der Waals surface area contributed by atoms with Gasteiger partial charge in [0.25, 0.3) is 0 Å². The lowest BCUT2D eigenvalue weighted by molar-refractivity contribution is -0.253. The topological polar surface area (TPSA) is 35.5 Å². The summed E-state index contributed by atoms with van der Waals surface area (Å²) in [5.74, 6) is -0.994. The van der Waals surface area contributed by atoms with Crippen LogP contribution < -0.4 is 4.74 Å². The van der Waals surface area contributed by atoms with Crippen molar-refractivity contribution in [2.24, 2.45) is 0 Å². The van der Waals surface area contributed by atoms with Crippen molar-refractivity contribution in [3.8, 4) is 5.75 Å². The van der Waals surface area contributed by atoms with Crippen LogP contribution in [0.5, 0.6) is 5.75 Å². The van der Waals surface area contributed by atoms with Crippen molar-refractivity contribution >= 4 is 5.78 Å². The summed E-state index contributed by atoms with van der Waals surface area (Å²) in [6, 6.07) is 13.8. The Morgan fingerprint density at radius 3 is 2.42 bits per heavy atom. The monoisotopic (exact) mass is 342 g/mol. The first-order valence-corrected chi connectivity index (χ1v) is 6.98. The predicted molar refractivity (Wildman–Crippen MR) is 78.4 cm³/mol. The lowest BCUT2D eigenvalue weighted by Crippen LogP contribution is -2.33. The van der Waals surface area contributed by atoms with E-state index < -0.39 is 24.1 Å². The molecular weight excluding hydrogens is 328 g/mol. The number of rotatable bonds is 8. The summed E-state index contributed by atoms with van der Waals surface area (Å²) >= 11 is 0. The second kappa shape index (κ2) is 7.92. The van der Waals surface area contributed by atoms with Crippen molar-refractivity contribution in [2.45, 2.75) is 19.1 Å². The number of hydrogen-bond donors (Lipinski definition) is 0. The Morgan fingerprint density at radius 2 is 1.75 bits per heavy atom. The lowest BCUT2D eigenvalue weighted by Gasteiger charge is -2.17. The van der Waals surface area contributed by atoms with E-state index in [1.807, 2.05) is 30.3 Å². The highest BCUT2D eigenvalue weighted by atomic mass is 19.3. The number of Topliss-reactive ketones (excluding diaryl/α,β-unsaturated/α-hetero) is 1. The third-order valence-electron chi connectivity index (χ3n) is 3.01. The molecule has 0 aliphatic carbocycles. The zero-order valence-electron chi connectivity index (χ0n) is 12.4. The molecule has 0 spiro atoms. The minimum absolute atomic E-state index is 0.0330. The van der Waals surface area contributed by atoms with Gasteiger partial charge in [-0.3, -0.25) is 4.79 Å². The van der Waals surface area contributed by atoms with Crippen LogP contribution >= 0.6 is 0 Å². The van der Waals surface area contributed by atoms with Gasteiger partial charge in [0.05, 0.1) is 6.61 Å². The van der Waals surface area contributed by atoms with Gasteiger partial charge in [0.1, 0.15) is 12.4 Å². The fourth-order valence-corrected chi connectivity index (χ4v) is 1.85. The van der Waals surface area contributed by atoms with Crippen LogP contribution in [0.2, 0.25) is 0 Å². The molecule has 2 aromatic carbocycles. The zero-order valence-corrected chi connectivity index (χ0v) is 12.4. The van der Waals surface area contributed by atoms with E-state index >= 15 is 0 Å². The molecule has 0 radical (unpaired) electrons. The molecule has 0 atom stereocenters. The summed E-state index contributed by atoms with van der Waals surface area (Å²) in [6.45, 7) is -0.0597. The Kier molecular flexibility index (Phi) is 5.92. The third-order valence-corrected chi connectivity index (χ3v) is 3.01. The molecule has 0 saturated heterocycles. The van der Waals surface area contributed by atoms with Crippen LogP contribution in [0.4, 0.5) is 17.6 Å². The highest BCUT2D eigenvalue weighted by Crippen LogP contribution is 2.27. The van der Waals surface area contributed by atoms with Gasteiger partial charge in [-0.15, -0.1) is 0 Å². The number of hydrogen-bond acceptors (Lipinski definition) is 3. The van der Waals surface area contributed by atoms with Crippen molar-refractivity contribution in [1.29, 1.82) is 0 Å². The fraction of sp³-hybridized carbons (Fsp3) is 0.235. The quantitative estimate of drug-likeness (QED) is 0.529. The Labute approximate surface area is 135 Å². The molecule has 0 heterocycles. The Morgan fingerprint density at radius 1 is 1.04 bits per heavy atom. The van der Waals surface area contributed by atoms with E-state index in [0.717, 1.165) is 17.7 Å². The van der Waals surface area contributed by atoms with E-state index in [1.165, 1.54) is 12.1 Å². The Balaban J connectivity index is 1.94. The summed E-state index contributed by atoms with van der Waals surface area (Å²) in [4.78, 5) is 12.0. The van der Waals surface area contributed by atoms with E-state index in [0.29, 0.717) is 0 Å². The molecule has 0 saturated carbocycles. The van der Waals surface area contributed by atoms with Gasteiger partial charge in [-0.2, -0.15) is 17.6 Å². The van der Waals surface area contributed by atoms with Gasteiger partial charge in [-0.25, -0.2) is 0 Å². The van der Waals surface area contributed by atoms with Crippen molar-refractivity contribution < 1.29 is 31.8 Å². The Bertz CT molecular complexity index is 675. The van der Waals surface area contributed by atoms with Crippen LogP contribution in [0.1, 0.15) is 15.9 Å². The molecule has 0 unspecified atom stereocenters. The second-order valence-corrected chi connectivity index (χ2v) is 4.89. The smallest absolute Gasteiger partial charge is 0.428 e. The van der Waals surface area contributed by atoms with Gasteiger partial charge in [-0.1, -0.05) is 42.5 Å². The molecule has 7 heteroatoms. The number of carbonyl (C=O) groups excluding carboxylic acids is 1. The van der Waals surface area contributed by atoms with E-state index in [1.54, 1.807) is 0 Å². The van der Waals surface area contributed by atoms with Crippen LogP contribution in [0.15, 0.2) is 54.6 Å². The fourth-order valence-electron chi connectivity index (χ4n) is 1.85. The molecule has 3 nitrogen and oxygen atoms in total. The van der Waals surface area contributed by atoms with E-state index in [9.17, 15) is 22.4 Å². The van der Waals surface area contributed by atoms with Gasteiger partial charge in [-0.05, 0) is 17.7 Å². The number of ketones is 1. The molecule has 2 rings (SSSR count). The molecule has 0 amide bonds. The minimum Gasteiger partial charge on any atom is -0.428 e. The number of alkyl halides is 4. The molecular formula is C17H14F4O3. The average Bonchev–Trinajstić information content (AvgIpc) is 2.55. The molecule has 0 aliphatic heterocycles. The lowest BCUT2D eigenvalue weighted by atomic mass is 10.1. The normalized spacial score (nSPS) is 11.5. The number of benzene rings is 2. The van der Waals surface area contributed by atoms with Crippen molar-refractivity contribution in [2.75, 3.05) is 6.61 Å². The zero-order chi connectivity index (χ0) is 17.6. The predicted octanol–water partition coefficient (Wildman–Crippen LogP) is 4.32. The minimum atomic E-state index is -4.62. The van der Waals surface area contributed by atoms with Crippen LogP contribution in [-0.4, -0.2) is 24.9 Å². The first-order chi connectivity index (χ1) is 11.4. The molecule has 128 valence electrons. The van der Waals surface area contributed by atoms with E-state index in [2.05, 4.69) is 4.74 Å². The summed E-state index contributed by atoms with van der Waals surface area (Å²) < 4.78 is 59.2. The van der Waals surface area contributed by atoms with Crippen molar-refractivity contribution in [3.05, 3.63) is 65.7 Å². The summed E-state index contributed by atoms with van der Waals surface area (Å²) in [5.41, 5.74) is 0.907. The largest absolute Gasteiger partial charge is 0.461 e. The van der Waals surface area contributed by atoms with E-state index in [4.69, 9.17) is 4.74 Å². The van der Waals surface area contributed by atoms with Crippen LogP contribution in [0, 0.1) is 0 Å². The number of carbonyl (C=O) groups is 1. The molecule has 0 aliphatic rings. The molecule has 0 aromatic heterocycles. The molecule has 0 fully saturated rings. The molecule has 0 N–H and O–H groups in total. The summed E-state index contributed by atoms with van der Waals surface area (Å²) in [6.07, 6.45) is -8.59. The van der Waals surface area contributed by atoms with Gasteiger partial charge in [0.2, 0.25) is 0 Å². The molecule has 24 heavy (non-hydrogen) atoms. The second-order valence-electron chi connectivity index (χ2n) is 4.89. The number of ether oxygens (including phenoxy) is 2. The maximum Gasteiger partial charge on any atom is 0.461 e. The van der Waals surface area contributed by atoms with Crippen molar-refractivity contribution in [1.82, 2.24) is 0 Å². The molecule has 0 bridgehead atoms. The van der Waals surface area contributed by atoms with Crippen LogP contribution in [-0.2, 0) is 11.3 Å². The third kappa shape index (κ3) is 5.06. The SMILES string of the molecule is O=C(COCc1ccccc1)c1cccc(OC(F)(F)C(F)F)c1. The first-order valence-electron chi connectivity index (χ1n) is 6.98. The maximum absolute atomic E-state index is 12.9. The van der Waals surface area contributed by atoms with Crippen LogP contribution in [0.3, 0.4) is 0 Å². The van der Waals surface area contributed by atoms with Gasteiger partial charge >= 0.3 is 12.5 Å². The van der Waals surface area contributed by atoms with E-state index in [-0.39, 0.29) is 18.8 Å². The molecule has 2 aromatic rings. The first kappa shape index (κ1) is 17.9.